The Morgan fingerprint density at radius 2 is 2.00 bits per heavy atom. The Hall–Kier alpha value is -1.10. The van der Waals surface area contributed by atoms with E-state index in [9.17, 15) is 9.90 Å². The number of hydrogen-bond donors (Lipinski definition) is 3. The maximum atomic E-state index is 11.6. The van der Waals surface area contributed by atoms with Crippen LogP contribution in [0.1, 0.15) is 59.8 Å². The van der Waals surface area contributed by atoms with Gasteiger partial charge in [-0.3, -0.25) is 0 Å². The number of alkyl carbamates (subject to hydrolysis) is 1. The molecule has 0 aliphatic heterocycles. The van der Waals surface area contributed by atoms with Crippen LogP contribution in [0.15, 0.2) is 0 Å². The van der Waals surface area contributed by atoms with E-state index >= 15 is 0 Å². The smallest absolute Gasteiger partial charge is 0.407 e. The van der Waals surface area contributed by atoms with E-state index in [-0.39, 0.29) is 12.0 Å². The van der Waals surface area contributed by atoms with E-state index in [1.165, 1.54) is 0 Å². The third-order valence-corrected chi connectivity index (χ3v) is 3.47. The number of nitrogens with one attached hydrogen (secondary N) is 2. The Balaban J connectivity index is 2.39. The van der Waals surface area contributed by atoms with Crippen LogP contribution in [0.4, 0.5) is 4.79 Å². The maximum Gasteiger partial charge on any atom is 0.407 e. The molecule has 0 aromatic heterocycles. The SMILES string of the molecule is C[C@H](CC(=N)C1CCCCC1O)NC(=O)OC(C)(C)C. The van der Waals surface area contributed by atoms with Gasteiger partial charge in [-0.1, -0.05) is 12.8 Å². The number of carbonyl (C=O) groups excluding carboxylic acids is 1. The van der Waals surface area contributed by atoms with E-state index in [2.05, 4.69) is 5.32 Å². The van der Waals surface area contributed by atoms with E-state index in [1.807, 2.05) is 27.7 Å². The second-order valence-electron chi connectivity index (χ2n) is 6.73. The van der Waals surface area contributed by atoms with Crippen molar-refractivity contribution >= 4 is 11.8 Å². The molecule has 0 aromatic rings. The fourth-order valence-corrected chi connectivity index (χ4v) is 2.56. The number of ether oxygens (including phenoxy) is 1. The summed E-state index contributed by atoms with van der Waals surface area (Å²) in [6.45, 7) is 7.31. The van der Waals surface area contributed by atoms with Crippen molar-refractivity contribution < 1.29 is 14.6 Å². The molecule has 1 rings (SSSR count). The first-order valence-electron chi connectivity index (χ1n) is 7.44. The van der Waals surface area contributed by atoms with E-state index < -0.39 is 17.8 Å². The average Bonchev–Trinajstić information content (AvgIpc) is 2.25. The number of aliphatic hydroxyl groups excluding tert-OH is 1. The summed E-state index contributed by atoms with van der Waals surface area (Å²) in [5.74, 6) is -0.0494. The van der Waals surface area contributed by atoms with Gasteiger partial charge in [-0.25, -0.2) is 4.79 Å². The molecule has 0 spiro atoms. The van der Waals surface area contributed by atoms with Gasteiger partial charge in [0.2, 0.25) is 0 Å². The highest BCUT2D eigenvalue weighted by Crippen LogP contribution is 2.26. The first kappa shape index (κ1) is 17.0. The predicted molar refractivity (Wildman–Crippen MR) is 79.1 cm³/mol. The van der Waals surface area contributed by atoms with Crippen LogP contribution >= 0.6 is 0 Å². The van der Waals surface area contributed by atoms with Crippen molar-refractivity contribution in [3.05, 3.63) is 0 Å². The van der Waals surface area contributed by atoms with Gasteiger partial charge in [0.25, 0.3) is 0 Å². The molecule has 20 heavy (non-hydrogen) atoms. The molecule has 0 saturated heterocycles. The first-order chi connectivity index (χ1) is 9.19. The van der Waals surface area contributed by atoms with Gasteiger partial charge in [-0.05, 0) is 40.5 Å². The van der Waals surface area contributed by atoms with Crippen LogP contribution in [0.3, 0.4) is 0 Å². The third-order valence-electron chi connectivity index (χ3n) is 3.47. The molecule has 0 bridgehead atoms. The monoisotopic (exact) mass is 284 g/mol. The first-order valence-corrected chi connectivity index (χ1v) is 7.44. The highest BCUT2D eigenvalue weighted by Gasteiger charge is 2.28. The zero-order chi connectivity index (χ0) is 15.3. The molecule has 3 atom stereocenters. The molecule has 5 heteroatoms. The molecule has 1 saturated carbocycles. The topological polar surface area (TPSA) is 82.4 Å². The molecule has 0 heterocycles. The minimum absolute atomic E-state index is 0.0494. The molecule has 1 aliphatic rings. The van der Waals surface area contributed by atoms with E-state index in [0.29, 0.717) is 12.1 Å². The highest BCUT2D eigenvalue weighted by molar-refractivity contribution is 5.85. The third kappa shape index (κ3) is 5.90. The summed E-state index contributed by atoms with van der Waals surface area (Å²) < 4.78 is 5.19. The van der Waals surface area contributed by atoms with Gasteiger partial charge in [0.15, 0.2) is 0 Å². The Morgan fingerprint density at radius 1 is 1.40 bits per heavy atom. The lowest BCUT2D eigenvalue weighted by atomic mass is 9.81. The Labute approximate surface area is 121 Å². The molecule has 5 nitrogen and oxygen atoms in total. The van der Waals surface area contributed by atoms with E-state index in [4.69, 9.17) is 10.1 Å². The summed E-state index contributed by atoms with van der Waals surface area (Å²) >= 11 is 0. The summed E-state index contributed by atoms with van der Waals surface area (Å²) in [7, 11) is 0. The number of amides is 1. The van der Waals surface area contributed by atoms with Crippen LogP contribution in [0, 0.1) is 11.3 Å². The Bertz CT molecular complexity index is 350. The van der Waals surface area contributed by atoms with Crippen LogP contribution < -0.4 is 5.32 Å². The summed E-state index contributed by atoms with van der Waals surface area (Å²) in [5.41, 5.74) is 0.0115. The molecule has 2 unspecified atom stereocenters. The van der Waals surface area contributed by atoms with Crippen molar-refractivity contribution in [3.8, 4) is 0 Å². The molecule has 1 fully saturated rings. The normalized spacial score (nSPS) is 24.9. The largest absolute Gasteiger partial charge is 0.444 e. The molecule has 0 aromatic carbocycles. The molecular formula is C15H28N2O3. The minimum atomic E-state index is -0.517. The number of rotatable bonds is 4. The maximum absolute atomic E-state index is 11.6. The van der Waals surface area contributed by atoms with Crippen LogP contribution in [0.25, 0.3) is 0 Å². The zero-order valence-corrected chi connectivity index (χ0v) is 13.0. The molecule has 0 radical (unpaired) electrons. The summed E-state index contributed by atoms with van der Waals surface area (Å²) in [4.78, 5) is 11.6. The predicted octanol–water partition coefficient (Wildman–Crippen LogP) is 2.86. The summed E-state index contributed by atoms with van der Waals surface area (Å²) in [6.07, 6.45) is 3.36. The Kier molecular flexibility index (Phi) is 5.99. The van der Waals surface area contributed by atoms with Crippen LogP contribution in [-0.2, 0) is 4.74 Å². The lowest BCUT2D eigenvalue weighted by molar-refractivity contribution is 0.0509. The number of aliphatic hydroxyl groups is 1. The van der Waals surface area contributed by atoms with Gasteiger partial charge >= 0.3 is 6.09 Å². The molecule has 1 amide bonds. The van der Waals surface area contributed by atoms with Crippen molar-refractivity contribution in [1.82, 2.24) is 5.32 Å². The number of carbonyl (C=O) groups is 1. The quantitative estimate of drug-likeness (QED) is 0.694. The fourth-order valence-electron chi connectivity index (χ4n) is 2.56. The van der Waals surface area contributed by atoms with Gasteiger partial charge in [0.05, 0.1) is 6.10 Å². The lowest BCUT2D eigenvalue weighted by Gasteiger charge is -2.29. The van der Waals surface area contributed by atoms with Gasteiger partial charge in [-0.15, -0.1) is 0 Å². The van der Waals surface area contributed by atoms with Gasteiger partial charge in [-0.2, -0.15) is 0 Å². The summed E-state index contributed by atoms with van der Waals surface area (Å²) in [5, 5.41) is 20.8. The van der Waals surface area contributed by atoms with Gasteiger partial charge in [0, 0.05) is 24.1 Å². The van der Waals surface area contributed by atoms with Gasteiger partial charge in [0.1, 0.15) is 5.60 Å². The highest BCUT2D eigenvalue weighted by atomic mass is 16.6. The zero-order valence-electron chi connectivity index (χ0n) is 13.0. The van der Waals surface area contributed by atoms with E-state index in [0.717, 1.165) is 25.7 Å². The standard InChI is InChI=1S/C15H28N2O3/c1-10(17-14(19)20-15(2,3)4)9-12(16)11-7-5-6-8-13(11)18/h10-11,13,16,18H,5-9H2,1-4H3,(H,17,19)/t10-,11?,13?/m1/s1. The molecular weight excluding hydrogens is 256 g/mol. The van der Waals surface area contributed by atoms with Crippen molar-refractivity contribution in [1.29, 1.82) is 5.41 Å². The van der Waals surface area contributed by atoms with Crippen molar-refractivity contribution in [3.63, 3.8) is 0 Å². The molecule has 3 N–H and O–H groups in total. The number of hydrogen-bond acceptors (Lipinski definition) is 4. The summed E-state index contributed by atoms with van der Waals surface area (Å²) in [6, 6.07) is -0.161. The second kappa shape index (κ2) is 7.07. The molecule has 1 aliphatic carbocycles. The molecule has 116 valence electrons. The van der Waals surface area contributed by atoms with Crippen LogP contribution in [0.5, 0.6) is 0 Å². The average molecular weight is 284 g/mol. The van der Waals surface area contributed by atoms with Crippen molar-refractivity contribution in [2.45, 2.75) is 77.5 Å². The Morgan fingerprint density at radius 3 is 2.55 bits per heavy atom. The minimum Gasteiger partial charge on any atom is -0.444 e. The van der Waals surface area contributed by atoms with E-state index in [1.54, 1.807) is 0 Å². The fraction of sp³-hybridized carbons (Fsp3) is 0.867. The lowest BCUT2D eigenvalue weighted by Crippen LogP contribution is -2.40. The van der Waals surface area contributed by atoms with Crippen LogP contribution in [0.2, 0.25) is 0 Å². The van der Waals surface area contributed by atoms with Crippen LogP contribution in [-0.4, -0.2) is 34.7 Å². The second-order valence-corrected chi connectivity index (χ2v) is 6.73. The van der Waals surface area contributed by atoms with Crippen molar-refractivity contribution in [2.24, 2.45) is 5.92 Å². The van der Waals surface area contributed by atoms with Gasteiger partial charge < -0.3 is 20.6 Å². The van der Waals surface area contributed by atoms with Crippen molar-refractivity contribution in [2.75, 3.05) is 0 Å².